The summed E-state index contributed by atoms with van der Waals surface area (Å²) in [5, 5.41) is 2.96. The number of amides is 1. The molecular formula is C22H23N3O4S2. The van der Waals surface area contributed by atoms with Crippen LogP contribution in [0.5, 0.6) is 0 Å². The number of aromatic amines is 1. The van der Waals surface area contributed by atoms with Gasteiger partial charge in [0.25, 0.3) is 5.56 Å². The maximum absolute atomic E-state index is 12.9. The SMILES string of the molecule is CCc1cccc(NC(=O)CSc2ncc(S(=O)(=O)c3ccc(C)cc3C)c(=O)[nH]2)c1. The van der Waals surface area contributed by atoms with Crippen molar-refractivity contribution in [3.63, 3.8) is 0 Å². The molecule has 0 unspecified atom stereocenters. The van der Waals surface area contributed by atoms with Gasteiger partial charge >= 0.3 is 0 Å². The van der Waals surface area contributed by atoms with Gasteiger partial charge in [-0.25, -0.2) is 13.4 Å². The normalized spacial score (nSPS) is 11.3. The number of nitrogens with zero attached hydrogens (tertiary/aromatic N) is 1. The second-order valence-electron chi connectivity index (χ2n) is 7.04. The van der Waals surface area contributed by atoms with E-state index in [1.165, 1.54) is 6.07 Å². The summed E-state index contributed by atoms with van der Waals surface area (Å²) in [6.45, 7) is 5.57. The van der Waals surface area contributed by atoms with Crippen LogP contribution in [0.25, 0.3) is 0 Å². The Morgan fingerprint density at radius 3 is 2.58 bits per heavy atom. The Hall–Kier alpha value is -2.91. The molecule has 9 heteroatoms. The van der Waals surface area contributed by atoms with Crippen LogP contribution in [0.4, 0.5) is 5.69 Å². The quantitative estimate of drug-likeness (QED) is 0.415. The molecule has 2 N–H and O–H groups in total. The van der Waals surface area contributed by atoms with Gasteiger partial charge in [-0.05, 0) is 49.6 Å². The molecule has 1 aromatic heterocycles. The van der Waals surface area contributed by atoms with Crippen LogP contribution in [0.15, 0.2) is 68.4 Å². The monoisotopic (exact) mass is 457 g/mol. The third kappa shape index (κ3) is 5.42. The van der Waals surface area contributed by atoms with Gasteiger partial charge in [-0.3, -0.25) is 9.59 Å². The molecule has 0 bridgehead atoms. The van der Waals surface area contributed by atoms with Crippen molar-refractivity contribution >= 4 is 33.2 Å². The van der Waals surface area contributed by atoms with Gasteiger partial charge in [-0.1, -0.05) is 48.5 Å². The summed E-state index contributed by atoms with van der Waals surface area (Å²) >= 11 is 1.02. The fourth-order valence-electron chi connectivity index (χ4n) is 3.05. The summed E-state index contributed by atoms with van der Waals surface area (Å²) in [7, 11) is -4.01. The van der Waals surface area contributed by atoms with Gasteiger partial charge in [0.05, 0.1) is 16.8 Å². The van der Waals surface area contributed by atoms with Gasteiger partial charge in [0.1, 0.15) is 0 Å². The largest absolute Gasteiger partial charge is 0.325 e. The highest BCUT2D eigenvalue weighted by molar-refractivity contribution is 7.99. The molecule has 3 aromatic rings. The lowest BCUT2D eigenvalue weighted by molar-refractivity contribution is -0.113. The first-order valence-corrected chi connectivity index (χ1v) is 12.1. The third-order valence-electron chi connectivity index (χ3n) is 4.61. The number of hydrogen-bond acceptors (Lipinski definition) is 6. The van der Waals surface area contributed by atoms with E-state index >= 15 is 0 Å². The van der Waals surface area contributed by atoms with Crippen LogP contribution in [-0.4, -0.2) is 30.0 Å². The van der Waals surface area contributed by atoms with Crippen molar-refractivity contribution in [2.24, 2.45) is 0 Å². The molecule has 3 rings (SSSR count). The smallest absolute Gasteiger partial charge is 0.270 e. The maximum Gasteiger partial charge on any atom is 0.270 e. The Balaban J connectivity index is 1.72. The lowest BCUT2D eigenvalue weighted by Crippen LogP contribution is -2.20. The van der Waals surface area contributed by atoms with Crippen molar-refractivity contribution in [1.82, 2.24) is 9.97 Å². The summed E-state index contributed by atoms with van der Waals surface area (Å²) in [6, 6.07) is 12.5. The Bertz CT molecular complexity index is 1280. The number of carbonyl (C=O) groups is 1. The lowest BCUT2D eigenvalue weighted by Gasteiger charge is -2.09. The van der Waals surface area contributed by atoms with Gasteiger partial charge in [-0.15, -0.1) is 0 Å². The van der Waals surface area contributed by atoms with Crippen LogP contribution in [0.2, 0.25) is 0 Å². The van der Waals surface area contributed by atoms with Gasteiger partial charge in [0.2, 0.25) is 15.7 Å². The predicted molar refractivity (Wildman–Crippen MR) is 121 cm³/mol. The first-order chi connectivity index (χ1) is 14.7. The first-order valence-electron chi connectivity index (χ1n) is 9.64. The molecule has 0 fully saturated rings. The second-order valence-corrected chi connectivity index (χ2v) is 9.90. The molecule has 0 radical (unpaired) electrons. The average Bonchev–Trinajstić information content (AvgIpc) is 2.72. The number of hydrogen-bond donors (Lipinski definition) is 2. The third-order valence-corrected chi connectivity index (χ3v) is 7.41. The molecule has 0 aliphatic carbocycles. The van der Waals surface area contributed by atoms with Crippen LogP contribution in [0, 0.1) is 13.8 Å². The van der Waals surface area contributed by atoms with E-state index in [1.807, 2.05) is 32.0 Å². The van der Waals surface area contributed by atoms with Gasteiger partial charge in [0.15, 0.2) is 10.1 Å². The second kappa shape index (κ2) is 9.49. The molecule has 0 atom stereocenters. The van der Waals surface area contributed by atoms with Crippen molar-refractivity contribution in [3.8, 4) is 0 Å². The summed E-state index contributed by atoms with van der Waals surface area (Å²) in [4.78, 5) is 30.8. The molecule has 1 amide bonds. The minimum absolute atomic E-state index is 0.0163. The zero-order chi connectivity index (χ0) is 22.6. The van der Waals surface area contributed by atoms with E-state index in [4.69, 9.17) is 0 Å². The molecule has 0 saturated carbocycles. The summed E-state index contributed by atoms with van der Waals surface area (Å²) in [6.07, 6.45) is 1.90. The highest BCUT2D eigenvalue weighted by Gasteiger charge is 2.24. The van der Waals surface area contributed by atoms with E-state index < -0.39 is 20.3 Å². The number of benzene rings is 2. The number of aryl methyl sites for hydroxylation is 3. The van der Waals surface area contributed by atoms with E-state index in [-0.39, 0.29) is 21.7 Å². The summed E-state index contributed by atoms with van der Waals surface area (Å²) < 4.78 is 25.8. The number of anilines is 1. The molecule has 1 heterocycles. The Labute approximate surface area is 185 Å². The van der Waals surface area contributed by atoms with Crippen LogP contribution in [0.3, 0.4) is 0 Å². The number of rotatable bonds is 7. The molecular weight excluding hydrogens is 434 g/mol. The maximum atomic E-state index is 12.9. The first kappa shape index (κ1) is 22.8. The predicted octanol–water partition coefficient (Wildman–Crippen LogP) is 3.51. The topological polar surface area (TPSA) is 109 Å². The number of aromatic nitrogens is 2. The molecule has 31 heavy (non-hydrogen) atoms. The lowest BCUT2D eigenvalue weighted by atomic mass is 10.1. The molecule has 0 spiro atoms. The van der Waals surface area contributed by atoms with Crippen LogP contribution >= 0.6 is 11.8 Å². The zero-order valence-electron chi connectivity index (χ0n) is 17.4. The van der Waals surface area contributed by atoms with Crippen molar-refractivity contribution < 1.29 is 13.2 Å². The number of thioether (sulfide) groups is 1. The van der Waals surface area contributed by atoms with Gasteiger partial charge in [0, 0.05) is 5.69 Å². The average molecular weight is 458 g/mol. The molecule has 2 aromatic carbocycles. The van der Waals surface area contributed by atoms with E-state index in [1.54, 1.807) is 25.1 Å². The summed E-state index contributed by atoms with van der Waals surface area (Å²) in [5.41, 5.74) is 2.52. The Morgan fingerprint density at radius 1 is 1.13 bits per heavy atom. The minimum atomic E-state index is -4.01. The molecule has 0 saturated heterocycles. The number of nitrogens with one attached hydrogen (secondary N) is 2. The number of sulfone groups is 1. The Morgan fingerprint density at radius 2 is 1.90 bits per heavy atom. The van der Waals surface area contributed by atoms with E-state index in [0.717, 1.165) is 35.5 Å². The summed E-state index contributed by atoms with van der Waals surface area (Å²) in [5.74, 6) is -0.240. The Kier molecular flexibility index (Phi) is 6.97. The van der Waals surface area contributed by atoms with Gasteiger partial charge < -0.3 is 10.3 Å². The van der Waals surface area contributed by atoms with E-state index in [9.17, 15) is 18.0 Å². The number of H-pyrrole nitrogens is 1. The van der Waals surface area contributed by atoms with E-state index in [2.05, 4.69) is 15.3 Å². The number of carbonyl (C=O) groups excluding carboxylic acids is 1. The standard InChI is InChI=1S/C22H23N3O4S2/c1-4-16-6-5-7-17(11-16)24-20(26)13-30-22-23-12-19(21(27)25-22)31(28,29)18-9-8-14(2)10-15(18)3/h5-12H,4,13H2,1-3H3,(H,24,26)(H,23,25,27). The van der Waals surface area contributed by atoms with Crippen molar-refractivity contribution in [2.75, 3.05) is 11.1 Å². The molecule has 0 aliphatic rings. The highest BCUT2D eigenvalue weighted by Crippen LogP contribution is 2.23. The highest BCUT2D eigenvalue weighted by atomic mass is 32.2. The van der Waals surface area contributed by atoms with Gasteiger partial charge in [-0.2, -0.15) is 0 Å². The minimum Gasteiger partial charge on any atom is -0.325 e. The van der Waals surface area contributed by atoms with Crippen LogP contribution in [0.1, 0.15) is 23.6 Å². The van der Waals surface area contributed by atoms with Crippen LogP contribution < -0.4 is 10.9 Å². The molecule has 7 nitrogen and oxygen atoms in total. The molecule has 162 valence electrons. The van der Waals surface area contributed by atoms with Crippen LogP contribution in [-0.2, 0) is 21.1 Å². The fraction of sp³-hybridized carbons (Fsp3) is 0.227. The molecule has 0 aliphatic heterocycles. The van der Waals surface area contributed by atoms with E-state index in [0.29, 0.717) is 11.3 Å². The zero-order valence-corrected chi connectivity index (χ0v) is 19.1. The fourth-order valence-corrected chi connectivity index (χ4v) is 5.14. The van der Waals surface area contributed by atoms with Crippen molar-refractivity contribution in [2.45, 2.75) is 42.1 Å². The van der Waals surface area contributed by atoms with Crippen molar-refractivity contribution in [3.05, 3.63) is 75.7 Å². The van der Waals surface area contributed by atoms with Crippen molar-refractivity contribution in [1.29, 1.82) is 0 Å².